The van der Waals surface area contributed by atoms with Crippen LogP contribution in [0.15, 0.2) is 6.07 Å². The second-order valence-corrected chi connectivity index (χ2v) is 5.73. The van der Waals surface area contributed by atoms with E-state index in [4.69, 9.17) is 27.9 Å². The fourth-order valence-corrected chi connectivity index (χ4v) is 2.76. The number of rotatable bonds is 4. The van der Waals surface area contributed by atoms with Gasteiger partial charge in [0.1, 0.15) is 6.73 Å². The van der Waals surface area contributed by atoms with Gasteiger partial charge in [-0.05, 0) is 31.4 Å². The molecule has 0 radical (unpaired) electrons. The highest BCUT2D eigenvalue weighted by atomic mass is 35.5. The predicted octanol–water partition coefficient (Wildman–Crippen LogP) is 4.73. The standard InChI is InChI=1S/C14H19Cl2NO2/c1-9-11(15)7-12(14(18)13(9)16)17-8-19-10-5-3-2-4-6-10/h7,10,17-18H,2-6,8H2,1H3. The maximum absolute atomic E-state index is 9.93. The number of nitrogens with one attached hydrogen (secondary N) is 1. The summed E-state index contributed by atoms with van der Waals surface area (Å²) in [5, 5.41) is 13.8. The van der Waals surface area contributed by atoms with E-state index in [1.54, 1.807) is 13.0 Å². The van der Waals surface area contributed by atoms with Gasteiger partial charge in [0.05, 0.1) is 16.8 Å². The molecule has 0 aliphatic heterocycles. The molecular formula is C14H19Cl2NO2. The maximum Gasteiger partial charge on any atom is 0.157 e. The van der Waals surface area contributed by atoms with E-state index in [0.29, 0.717) is 29.1 Å². The molecule has 2 N–H and O–H groups in total. The third-order valence-electron chi connectivity index (χ3n) is 3.56. The van der Waals surface area contributed by atoms with Crippen LogP contribution in [0.1, 0.15) is 37.7 Å². The van der Waals surface area contributed by atoms with Crippen molar-refractivity contribution in [1.29, 1.82) is 0 Å². The first-order chi connectivity index (χ1) is 9.09. The van der Waals surface area contributed by atoms with Crippen LogP contribution in [0.2, 0.25) is 10.0 Å². The van der Waals surface area contributed by atoms with E-state index in [2.05, 4.69) is 5.32 Å². The van der Waals surface area contributed by atoms with E-state index in [9.17, 15) is 5.11 Å². The van der Waals surface area contributed by atoms with Crippen LogP contribution in [0.4, 0.5) is 5.69 Å². The van der Waals surface area contributed by atoms with Gasteiger partial charge in [-0.25, -0.2) is 0 Å². The van der Waals surface area contributed by atoms with E-state index in [1.807, 2.05) is 0 Å². The Morgan fingerprint density at radius 2 is 2.00 bits per heavy atom. The van der Waals surface area contributed by atoms with Crippen LogP contribution in [0.5, 0.6) is 5.75 Å². The third kappa shape index (κ3) is 3.68. The van der Waals surface area contributed by atoms with Crippen LogP contribution in [0.3, 0.4) is 0 Å². The molecule has 106 valence electrons. The lowest BCUT2D eigenvalue weighted by molar-refractivity contribution is 0.0399. The molecule has 1 saturated carbocycles. The Morgan fingerprint density at radius 3 is 2.68 bits per heavy atom. The number of anilines is 1. The van der Waals surface area contributed by atoms with Gasteiger partial charge in [-0.3, -0.25) is 0 Å². The largest absolute Gasteiger partial charge is 0.504 e. The number of phenols is 1. The summed E-state index contributed by atoms with van der Waals surface area (Å²) in [6, 6.07) is 1.67. The van der Waals surface area contributed by atoms with Crippen LogP contribution in [-0.4, -0.2) is 17.9 Å². The SMILES string of the molecule is Cc1c(Cl)cc(NCOC2CCCCC2)c(O)c1Cl. The Bertz CT molecular complexity index is 446. The zero-order chi connectivity index (χ0) is 13.8. The summed E-state index contributed by atoms with van der Waals surface area (Å²) in [6.07, 6.45) is 6.32. The summed E-state index contributed by atoms with van der Waals surface area (Å²) in [5.74, 6) is 0.0239. The zero-order valence-electron chi connectivity index (χ0n) is 11.0. The summed E-state index contributed by atoms with van der Waals surface area (Å²) in [7, 11) is 0. The molecule has 0 amide bonds. The summed E-state index contributed by atoms with van der Waals surface area (Å²) in [4.78, 5) is 0. The number of halogens is 2. The van der Waals surface area contributed by atoms with Crippen molar-refractivity contribution < 1.29 is 9.84 Å². The fourth-order valence-electron chi connectivity index (χ4n) is 2.31. The van der Waals surface area contributed by atoms with E-state index >= 15 is 0 Å². The van der Waals surface area contributed by atoms with Gasteiger partial charge in [-0.1, -0.05) is 42.5 Å². The van der Waals surface area contributed by atoms with Crippen LogP contribution in [-0.2, 0) is 4.74 Å². The summed E-state index contributed by atoms with van der Waals surface area (Å²) < 4.78 is 5.74. The molecule has 2 rings (SSSR count). The normalized spacial score (nSPS) is 16.6. The number of hydrogen-bond acceptors (Lipinski definition) is 3. The third-order valence-corrected chi connectivity index (χ3v) is 4.41. The molecule has 1 aliphatic rings. The van der Waals surface area contributed by atoms with Crippen molar-refractivity contribution in [2.24, 2.45) is 0 Å². The Morgan fingerprint density at radius 1 is 1.32 bits per heavy atom. The molecule has 1 aromatic rings. The summed E-state index contributed by atoms with van der Waals surface area (Å²) >= 11 is 12.0. The van der Waals surface area contributed by atoms with Crippen molar-refractivity contribution in [3.05, 3.63) is 21.7 Å². The molecule has 0 unspecified atom stereocenters. The first-order valence-electron chi connectivity index (χ1n) is 6.62. The number of ether oxygens (including phenoxy) is 1. The Balaban J connectivity index is 1.92. The monoisotopic (exact) mass is 303 g/mol. The molecule has 1 aromatic carbocycles. The molecule has 19 heavy (non-hydrogen) atoms. The highest BCUT2D eigenvalue weighted by Gasteiger charge is 2.15. The average molecular weight is 304 g/mol. The van der Waals surface area contributed by atoms with Gasteiger partial charge in [0.2, 0.25) is 0 Å². The smallest absolute Gasteiger partial charge is 0.157 e. The van der Waals surface area contributed by atoms with Crippen molar-refractivity contribution in [3.8, 4) is 5.75 Å². The summed E-state index contributed by atoms with van der Waals surface area (Å²) in [6.45, 7) is 2.13. The van der Waals surface area contributed by atoms with Crippen molar-refractivity contribution >= 4 is 28.9 Å². The second-order valence-electron chi connectivity index (χ2n) is 4.94. The van der Waals surface area contributed by atoms with Gasteiger partial charge in [-0.15, -0.1) is 0 Å². The number of hydrogen-bond donors (Lipinski definition) is 2. The van der Waals surface area contributed by atoms with Gasteiger partial charge in [0.25, 0.3) is 0 Å². The van der Waals surface area contributed by atoms with E-state index in [1.165, 1.54) is 19.3 Å². The number of aromatic hydroxyl groups is 1. The van der Waals surface area contributed by atoms with E-state index in [0.717, 1.165) is 12.8 Å². The number of benzene rings is 1. The lowest BCUT2D eigenvalue weighted by Crippen LogP contribution is -2.20. The molecule has 1 fully saturated rings. The molecule has 0 bridgehead atoms. The van der Waals surface area contributed by atoms with Crippen molar-refractivity contribution in [2.45, 2.75) is 45.1 Å². The first-order valence-corrected chi connectivity index (χ1v) is 7.38. The Hall–Kier alpha value is -0.640. The second kappa shape index (κ2) is 6.69. The van der Waals surface area contributed by atoms with Crippen molar-refractivity contribution in [3.63, 3.8) is 0 Å². The maximum atomic E-state index is 9.93. The Labute approximate surface area is 123 Å². The minimum absolute atomic E-state index is 0.0239. The lowest BCUT2D eigenvalue weighted by Gasteiger charge is -2.22. The van der Waals surface area contributed by atoms with Gasteiger partial charge in [-0.2, -0.15) is 0 Å². The quantitative estimate of drug-likeness (QED) is 0.624. The Kier molecular flexibility index (Phi) is 5.20. The molecule has 0 atom stereocenters. The van der Waals surface area contributed by atoms with Crippen molar-refractivity contribution in [1.82, 2.24) is 0 Å². The van der Waals surface area contributed by atoms with Crippen molar-refractivity contribution in [2.75, 3.05) is 12.0 Å². The van der Waals surface area contributed by atoms with Gasteiger partial charge < -0.3 is 15.2 Å². The topological polar surface area (TPSA) is 41.5 Å². The molecule has 5 heteroatoms. The average Bonchev–Trinajstić information content (AvgIpc) is 2.43. The highest BCUT2D eigenvalue weighted by Crippen LogP contribution is 2.38. The van der Waals surface area contributed by atoms with Gasteiger partial charge >= 0.3 is 0 Å². The van der Waals surface area contributed by atoms with Crippen LogP contribution < -0.4 is 5.32 Å². The van der Waals surface area contributed by atoms with E-state index in [-0.39, 0.29) is 10.8 Å². The summed E-state index contributed by atoms with van der Waals surface area (Å²) in [5.41, 5.74) is 1.19. The van der Waals surface area contributed by atoms with Crippen LogP contribution >= 0.6 is 23.2 Å². The predicted molar refractivity (Wildman–Crippen MR) is 79.3 cm³/mol. The van der Waals surface area contributed by atoms with Gasteiger partial charge in [0.15, 0.2) is 5.75 Å². The minimum Gasteiger partial charge on any atom is -0.504 e. The zero-order valence-corrected chi connectivity index (χ0v) is 12.5. The van der Waals surface area contributed by atoms with E-state index < -0.39 is 0 Å². The molecule has 1 aliphatic carbocycles. The lowest BCUT2D eigenvalue weighted by atomic mass is 9.98. The molecule has 3 nitrogen and oxygen atoms in total. The molecule has 0 spiro atoms. The molecule has 0 heterocycles. The fraction of sp³-hybridized carbons (Fsp3) is 0.571. The molecular weight excluding hydrogens is 285 g/mol. The molecule has 0 aromatic heterocycles. The van der Waals surface area contributed by atoms with Crippen LogP contribution in [0, 0.1) is 6.92 Å². The molecule has 0 saturated heterocycles. The van der Waals surface area contributed by atoms with Gasteiger partial charge in [0, 0.05) is 5.02 Å². The minimum atomic E-state index is 0.0239. The first kappa shape index (κ1) is 14.8. The number of phenolic OH excluding ortho intramolecular Hbond substituents is 1. The van der Waals surface area contributed by atoms with Crippen LogP contribution in [0.25, 0.3) is 0 Å². The highest BCUT2D eigenvalue weighted by molar-refractivity contribution is 6.37.